The summed E-state index contributed by atoms with van der Waals surface area (Å²) in [6.07, 6.45) is 0.696. The summed E-state index contributed by atoms with van der Waals surface area (Å²) in [5, 5.41) is 1.52. The number of carbonyl (C=O) groups is 1. The van der Waals surface area contributed by atoms with Crippen LogP contribution in [-0.4, -0.2) is 26.5 Å². The first-order valence-corrected chi connectivity index (χ1v) is 8.48. The van der Waals surface area contributed by atoms with E-state index in [1.807, 2.05) is 13.0 Å². The van der Waals surface area contributed by atoms with E-state index >= 15 is 0 Å². The van der Waals surface area contributed by atoms with E-state index in [1.165, 1.54) is 18.6 Å². The minimum atomic E-state index is -3.88. The van der Waals surface area contributed by atoms with Crippen LogP contribution in [0.4, 0.5) is 5.82 Å². The molecule has 0 bridgehead atoms. The molecule has 0 aliphatic rings. The number of carbonyl (C=O) groups excluding carboxylic acids is 1. The number of thiophene rings is 1. The van der Waals surface area contributed by atoms with Crippen molar-refractivity contribution in [3.63, 3.8) is 0 Å². The summed E-state index contributed by atoms with van der Waals surface area (Å²) in [4.78, 5) is 15.7. The van der Waals surface area contributed by atoms with Crippen LogP contribution in [0.15, 0.2) is 34.5 Å². The molecular formula is C13H14N2O4S2. The Morgan fingerprint density at radius 3 is 2.81 bits per heavy atom. The number of hydrogen-bond donors (Lipinski definition) is 1. The van der Waals surface area contributed by atoms with Gasteiger partial charge in [-0.3, -0.25) is 4.72 Å². The highest BCUT2D eigenvalue weighted by atomic mass is 32.2. The third-order valence-electron chi connectivity index (χ3n) is 2.70. The highest BCUT2D eigenvalue weighted by Crippen LogP contribution is 2.24. The maximum atomic E-state index is 12.4. The number of rotatable bonds is 5. The highest BCUT2D eigenvalue weighted by molar-refractivity contribution is 7.93. The Hall–Kier alpha value is -1.93. The van der Waals surface area contributed by atoms with Crippen LogP contribution in [0.25, 0.3) is 0 Å². The molecular weight excluding hydrogens is 312 g/mol. The Morgan fingerprint density at radius 2 is 2.14 bits per heavy atom. The van der Waals surface area contributed by atoms with Crippen LogP contribution in [0.3, 0.4) is 0 Å². The van der Waals surface area contributed by atoms with Gasteiger partial charge >= 0.3 is 5.97 Å². The Morgan fingerprint density at radius 1 is 1.38 bits per heavy atom. The van der Waals surface area contributed by atoms with Crippen molar-refractivity contribution in [3.8, 4) is 0 Å². The zero-order chi connectivity index (χ0) is 15.5. The summed E-state index contributed by atoms with van der Waals surface area (Å²) in [7, 11) is -2.68. The number of sulfonamides is 1. The molecule has 0 spiro atoms. The van der Waals surface area contributed by atoms with Gasteiger partial charge in [0.15, 0.2) is 0 Å². The molecule has 0 unspecified atom stereocenters. The number of esters is 1. The van der Waals surface area contributed by atoms with Crippen molar-refractivity contribution in [1.82, 2.24) is 4.98 Å². The normalized spacial score (nSPS) is 11.1. The number of nitrogens with zero attached hydrogens (tertiary/aromatic N) is 1. The van der Waals surface area contributed by atoms with E-state index in [4.69, 9.17) is 0 Å². The minimum absolute atomic E-state index is 0.0386. The van der Waals surface area contributed by atoms with Crippen LogP contribution < -0.4 is 4.72 Å². The minimum Gasteiger partial charge on any atom is -0.465 e. The quantitative estimate of drug-likeness (QED) is 0.852. The molecule has 2 rings (SSSR count). The molecule has 6 nitrogen and oxygen atoms in total. The molecule has 0 radical (unpaired) electrons. The molecule has 0 saturated heterocycles. The first kappa shape index (κ1) is 15.5. The summed E-state index contributed by atoms with van der Waals surface area (Å²) < 4.78 is 31.7. The second-order valence-electron chi connectivity index (χ2n) is 4.08. The van der Waals surface area contributed by atoms with Crippen LogP contribution in [0.1, 0.15) is 22.3 Å². The standard InChI is InChI=1S/C13H14N2O4S2/c1-3-9-5-4-6-11(14-9)15-21(17,18)10-7-8-20-12(10)13(16)19-2/h4-8H,3H2,1-2H3,(H,14,15). The topological polar surface area (TPSA) is 85.4 Å². The van der Waals surface area contributed by atoms with Crippen molar-refractivity contribution in [2.45, 2.75) is 18.2 Å². The van der Waals surface area contributed by atoms with Crippen LogP contribution in [0, 0.1) is 0 Å². The number of aromatic nitrogens is 1. The summed E-state index contributed by atoms with van der Waals surface area (Å²) in [5.74, 6) is -0.461. The third-order valence-corrected chi connectivity index (χ3v) is 5.12. The molecule has 2 heterocycles. The number of pyridine rings is 1. The number of ether oxygens (including phenoxy) is 1. The lowest BCUT2D eigenvalue weighted by Crippen LogP contribution is -2.16. The fraction of sp³-hybridized carbons (Fsp3) is 0.231. The van der Waals surface area contributed by atoms with Crippen molar-refractivity contribution in [1.29, 1.82) is 0 Å². The number of methoxy groups -OCH3 is 1. The predicted octanol–water partition coefficient (Wildman–Crippen LogP) is 2.29. The molecule has 8 heteroatoms. The van der Waals surface area contributed by atoms with Gasteiger partial charge in [0.25, 0.3) is 10.0 Å². The van der Waals surface area contributed by atoms with Crippen molar-refractivity contribution < 1.29 is 17.9 Å². The Bertz CT molecular complexity index is 753. The first-order chi connectivity index (χ1) is 9.97. The Kier molecular flexibility index (Phi) is 4.59. The van der Waals surface area contributed by atoms with E-state index in [2.05, 4.69) is 14.4 Å². The van der Waals surface area contributed by atoms with Gasteiger partial charge in [-0.15, -0.1) is 11.3 Å². The molecule has 2 aromatic heterocycles. The van der Waals surface area contributed by atoms with Gasteiger partial charge in [-0.1, -0.05) is 13.0 Å². The fourth-order valence-corrected chi connectivity index (χ4v) is 4.01. The van der Waals surface area contributed by atoms with Crippen LogP contribution in [0.2, 0.25) is 0 Å². The maximum absolute atomic E-state index is 12.4. The molecule has 2 aromatic rings. The number of aryl methyl sites for hydroxylation is 1. The van der Waals surface area contributed by atoms with E-state index in [9.17, 15) is 13.2 Å². The van der Waals surface area contributed by atoms with E-state index in [1.54, 1.807) is 12.1 Å². The number of nitrogens with one attached hydrogen (secondary N) is 1. The molecule has 0 aliphatic carbocycles. The molecule has 0 saturated carbocycles. The maximum Gasteiger partial charge on any atom is 0.349 e. The van der Waals surface area contributed by atoms with Gasteiger partial charge < -0.3 is 4.74 Å². The summed E-state index contributed by atoms with van der Waals surface area (Å²) in [5.41, 5.74) is 0.772. The highest BCUT2D eigenvalue weighted by Gasteiger charge is 2.25. The Balaban J connectivity index is 2.34. The summed E-state index contributed by atoms with van der Waals surface area (Å²) in [6, 6.07) is 6.45. The van der Waals surface area contributed by atoms with Gasteiger partial charge in [-0.2, -0.15) is 0 Å². The van der Waals surface area contributed by atoms with Crippen molar-refractivity contribution in [2.24, 2.45) is 0 Å². The second kappa shape index (κ2) is 6.23. The molecule has 0 aromatic carbocycles. The average Bonchev–Trinajstić information content (AvgIpc) is 2.96. The van der Waals surface area contributed by atoms with Crippen LogP contribution >= 0.6 is 11.3 Å². The number of hydrogen-bond acceptors (Lipinski definition) is 6. The van der Waals surface area contributed by atoms with Gasteiger partial charge in [-0.25, -0.2) is 18.2 Å². The molecule has 21 heavy (non-hydrogen) atoms. The van der Waals surface area contributed by atoms with E-state index < -0.39 is 16.0 Å². The van der Waals surface area contributed by atoms with E-state index in [-0.39, 0.29) is 15.6 Å². The van der Waals surface area contributed by atoms with Gasteiger partial charge in [0.2, 0.25) is 0 Å². The largest absolute Gasteiger partial charge is 0.465 e. The predicted molar refractivity (Wildman–Crippen MR) is 80.1 cm³/mol. The molecule has 0 aliphatic heterocycles. The van der Waals surface area contributed by atoms with Crippen molar-refractivity contribution in [3.05, 3.63) is 40.2 Å². The SMILES string of the molecule is CCc1cccc(NS(=O)(=O)c2ccsc2C(=O)OC)n1. The molecule has 112 valence electrons. The van der Waals surface area contributed by atoms with Gasteiger partial charge in [0.1, 0.15) is 15.6 Å². The van der Waals surface area contributed by atoms with Gasteiger partial charge in [0, 0.05) is 5.69 Å². The molecule has 0 fully saturated rings. The lowest BCUT2D eigenvalue weighted by atomic mass is 10.3. The van der Waals surface area contributed by atoms with E-state index in [0.717, 1.165) is 17.0 Å². The summed E-state index contributed by atoms with van der Waals surface area (Å²) in [6.45, 7) is 1.93. The summed E-state index contributed by atoms with van der Waals surface area (Å²) >= 11 is 1.01. The van der Waals surface area contributed by atoms with Crippen LogP contribution in [-0.2, 0) is 21.2 Å². The van der Waals surface area contributed by atoms with Gasteiger partial charge in [0.05, 0.1) is 7.11 Å². The fourth-order valence-electron chi connectivity index (χ4n) is 1.68. The van der Waals surface area contributed by atoms with Crippen LogP contribution in [0.5, 0.6) is 0 Å². The van der Waals surface area contributed by atoms with Gasteiger partial charge in [-0.05, 0) is 30.0 Å². The lowest BCUT2D eigenvalue weighted by molar-refractivity contribution is 0.0602. The second-order valence-corrected chi connectivity index (χ2v) is 6.65. The monoisotopic (exact) mass is 326 g/mol. The lowest BCUT2D eigenvalue weighted by Gasteiger charge is -2.08. The first-order valence-electron chi connectivity index (χ1n) is 6.12. The Labute approximate surface area is 126 Å². The molecule has 0 amide bonds. The zero-order valence-corrected chi connectivity index (χ0v) is 13.1. The molecule has 1 N–H and O–H groups in total. The third kappa shape index (κ3) is 3.40. The zero-order valence-electron chi connectivity index (χ0n) is 11.5. The van der Waals surface area contributed by atoms with Crippen molar-refractivity contribution >= 4 is 33.1 Å². The number of anilines is 1. The van der Waals surface area contributed by atoms with Crippen molar-refractivity contribution in [2.75, 3.05) is 11.8 Å². The smallest absolute Gasteiger partial charge is 0.349 e. The van der Waals surface area contributed by atoms with E-state index in [0.29, 0.717) is 6.42 Å². The molecule has 0 atom stereocenters. The average molecular weight is 326 g/mol.